The second-order valence-corrected chi connectivity index (χ2v) is 8.69. The second-order valence-electron chi connectivity index (χ2n) is 7.84. The molecular formula is C24H30BrFN2O3. The molecule has 5 nitrogen and oxygen atoms in total. The molecule has 2 aromatic carbocycles. The van der Waals surface area contributed by atoms with Crippen LogP contribution in [-0.2, 0) is 22.6 Å². The summed E-state index contributed by atoms with van der Waals surface area (Å²) in [7, 11) is 0. The Morgan fingerprint density at radius 2 is 1.87 bits per heavy atom. The molecule has 2 aromatic rings. The minimum absolute atomic E-state index is 0.0267. The number of amides is 2. The van der Waals surface area contributed by atoms with Crippen molar-refractivity contribution >= 4 is 27.7 Å². The first-order valence-corrected chi connectivity index (χ1v) is 11.2. The maximum atomic E-state index is 14.2. The second kappa shape index (κ2) is 11.8. The van der Waals surface area contributed by atoms with Gasteiger partial charge in [-0.1, -0.05) is 45.0 Å². The number of carbonyl (C=O) groups is 2. The summed E-state index contributed by atoms with van der Waals surface area (Å²) >= 11 is 3.46. The summed E-state index contributed by atoms with van der Waals surface area (Å²) < 4.78 is 20.7. The van der Waals surface area contributed by atoms with Gasteiger partial charge in [-0.2, -0.15) is 0 Å². The van der Waals surface area contributed by atoms with Crippen LogP contribution in [0.1, 0.15) is 38.8 Å². The molecule has 0 saturated carbocycles. The van der Waals surface area contributed by atoms with E-state index in [1.165, 1.54) is 11.0 Å². The normalized spacial score (nSPS) is 11.8. The molecule has 1 unspecified atom stereocenters. The average molecular weight is 493 g/mol. The molecule has 0 fully saturated rings. The lowest BCUT2D eigenvalue weighted by Gasteiger charge is -2.29. The van der Waals surface area contributed by atoms with Crippen LogP contribution in [0.5, 0.6) is 5.75 Å². The van der Waals surface area contributed by atoms with Gasteiger partial charge in [-0.15, -0.1) is 0 Å². The van der Waals surface area contributed by atoms with E-state index in [0.29, 0.717) is 17.9 Å². The number of halogens is 2. The third-order valence-electron chi connectivity index (χ3n) is 4.91. The highest BCUT2D eigenvalue weighted by atomic mass is 79.9. The number of aryl methyl sites for hydroxylation is 1. The summed E-state index contributed by atoms with van der Waals surface area (Å²) in [6.45, 7) is 7.88. The Bertz CT molecular complexity index is 904. The smallest absolute Gasteiger partial charge is 0.261 e. The van der Waals surface area contributed by atoms with Crippen molar-refractivity contribution in [2.75, 3.05) is 13.2 Å². The predicted molar refractivity (Wildman–Crippen MR) is 123 cm³/mol. The van der Waals surface area contributed by atoms with E-state index >= 15 is 0 Å². The van der Waals surface area contributed by atoms with Crippen LogP contribution >= 0.6 is 15.9 Å². The summed E-state index contributed by atoms with van der Waals surface area (Å²) in [6.07, 6.45) is 0.886. The molecule has 2 amide bonds. The van der Waals surface area contributed by atoms with Gasteiger partial charge in [-0.25, -0.2) is 4.39 Å². The maximum absolute atomic E-state index is 14.2. The number of hydrogen-bond donors (Lipinski definition) is 1. The Balaban J connectivity index is 2.17. The molecule has 0 aliphatic carbocycles. The Kier molecular flexibility index (Phi) is 9.49. The molecule has 0 aliphatic heterocycles. The molecule has 1 N–H and O–H groups in total. The summed E-state index contributed by atoms with van der Waals surface area (Å²) in [6, 6.07) is 11.1. The SMILES string of the molecule is CCc1ccc(OCC(=O)N(Cc2ccccc2F)C(C)C(=O)NCC(C)C)c(Br)c1. The molecule has 0 spiro atoms. The van der Waals surface area contributed by atoms with Gasteiger partial charge in [-0.3, -0.25) is 9.59 Å². The summed E-state index contributed by atoms with van der Waals surface area (Å²) in [5, 5.41) is 2.84. The maximum Gasteiger partial charge on any atom is 0.261 e. The molecular weight excluding hydrogens is 463 g/mol. The number of hydrogen-bond acceptors (Lipinski definition) is 3. The van der Waals surface area contributed by atoms with Gasteiger partial charge in [0, 0.05) is 18.7 Å². The molecule has 0 radical (unpaired) electrons. The van der Waals surface area contributed by atoms with Crippen LogP contribution in [0.3, 0.4) is 0 Å². The van der Waals surface area contributed by atoms with Crippen LogP contribution in [0.2, 0.25) is 0 Å². The molecule has 0 aromatic heterocycles. The minimum atomic E-state index is -0.777. The molecule has 31 heavy (non-hydrogen) atoms. The fraction of sp³-hybridized carbons (Fsp3) is 0.417. The van der Waals surface area contributed by atoms with Crippen LogP contribution in [0.15, 0.2) is 46.9 Å². The van der Waals surface area contributed by atoms with Gasteiger partial charge in [0.1, 0.15) is 17.6 Å². The molecule has 0 bridgehead atoms. The largest absolute Gasteiger partial charge is 0.483 e. The molecule has 0 heterocycles. The number of nitrogens with one attached hydrogen (secondary N) is 1. The number of ether oxygens (including phenoxy) is 1. The van der Waals surface area contributed by atoms with Crippen LogP contribution in [0.25, 0.3) is 0 Å². The van der Waals surface area contributed by atoms with Crippen molar-refractivity contribution in [3.63, 3.8) is 0 Å². The van der Waals surface area contributed by atoms with Gasteiger partial charge in [0.05, 0.1) is 4.47 Å². The van der Waals surface area contributed by atoms with Crippen molar-refractivity contribution in [3.8, 4) is 5.75 Å². The zero-order valence-corrected chi connectivity index (χ0v) is 20.0. The van der Waals surface area contributed by atoms with Gasteiger partial charge < -0.3 is 15.0 Å². The van der Waals surface area contributed by atoms with E-state index in [1.54, 1.807) is 31.2 Å². The molecule has 2 rings (SSSR count). The van der Waals surface area contributed by atoms with Crippen molar-refractivity contribution in [2.45, 2.75) is 46.7 Å². The van der Waals surface area contributed by atoms with E-state index in [1.807, 2.05) is 26.0 Å². The quantitative estimate of drug-likeness (QED) is 0.521. The van der Waals surface area contributed by atoms with Crippen molar-refractivity contribution in [1.29, 1.82) is 0 Å². The monoisotopic (exact) mass is 492 g/mol. The summed E-state index contributed by atoms with van der Waals surface area (Å²) in [4.78, 5) is 27.0. The van der Waals surface area contributed by atoms with Crippen molar-refractivity contribution in [1.82, 2.24) is 10.2 Å². The van der Waals surface area contributed by atoms with Crippen molar-refractivity contribution in [2.24, 2.45) is 5.92 Å². The number of nitrogens with zero attached hydrogens (tertiary/aromatic N) is 1. The highest BCUT2D eigenvalue weighted by Gasteiger charge is 2.27. The van der Waals surface area contributed by atoms with E-state index < -0.39 is 17.8 Å². The fourth-order valence-corrected chi connectivity index (χ4v) is 3.49. The third kappa shape index (κ3) is 7.35. The Labute approximate surface area is 192 Å². The summed E-state index contributed by atoms with van der Waals surface area (Å²) in [5.74, 6) is -0.297. The van der Waals surface area contributed by atoms with Gasteiger partial charge in [0.2, 0.25) is 5.91 Å². The topological polar surface area (TPSA) is 58.6 Å². The zero-order chi connectivity index (χ0) is 23.0. The van der Waals surface area contributed by atoms with Crippen LogP contribution in [-0.4, -0.2) is 35.9 Å². The molecule has 0 saturated heterocycles. The highest BCUT2D eigenvalue weighted by molar-refractivity contribution is 9.10. The number of carbonyl (C=O) groups excluding carboxylic acids is 2. The van der Waals surface area contributed by atoms with Gasteiger partial charge in [0.25, 0.3) is 5.91 Å². The first kappa shape index (κ1) is 24.9. The molecule has 0 aliphatic rings. The lowest BCUT2D eigenvalue weighted by Crippen LogP contribution is -2.49. The van der Waals surface area contributed by atoms with E-state index in [-0.39, 0.29) is 25.0 Å². The van der Waals surface area contributed by atoms with E-state index in [9.17, 15) is 14.0 Å². The lowest BCUT2D eigenvalue weighted by molar-refractivity contribution is -0.142. The molecule has 7 heteroatoms. The Morgan fingerprint density at radius 3 is 2.48 bits per heavy atom. The van der Waals surface area contributed by atoms with Gasteiger partial charge >= 0.3 is 0 Å². The van der Waals surface area contributed by atoms with Crippen LogP contribution < -0.4 is 10.1 Å². The van der Waals surface area contributed by atoms with Crippen LogP contribution in [0.4, 0.5) is 4.39 Å². The third-order valence-corrected chi connectivity index (χ3v) is 5.53. The molecule has 168 valence electrons. The Morgan fingerprint density at radius 1 is 1.16 bits per heavy atom. The standard InChI is InChI=1S/C24H30BrFN2O3/c1-5-18-10-11-22(20(25)12-18)31-15-23(29)28(14-19-8-6-7-9-21(19)26)17(4)24(30)27-13-16(2)3/h6-12,16-17H,5,13-15H2,1-4H3,(H,27,30). The number of benzene rings is 2. The fourth-order valence-electron chi connectivity index (χ4n) is 2.95. The number of rotatable bonds is 10. The summed E-state index contributed by atoms with van der Waals surface area (Å²) in [5.41, 5.74) is 1.48. The van der Waals surface area contributed by atoms with E-state index in [0.717, 1.165) is 16.5 Å². The molecule has 1 atom stereocenters. The minimum Gasteiger partial charge on any atom is -0.483 e. The van der Waals surface area contributed by atoms with Crippen molar-refractivity contribution in [3.05, 3.63) is 63.9 Å². The first-order valence-electron chi connectivity index (χ1n) is 10.4. The van der Waals surface area contributed by atoms with Crippen LogP contribution in [0, 0.1) is 11.7 Å². The van der Waals surface area contributed by atoms with E-state index in [4.69, 9.17) is 4.74 Å². The highest BCUT2D eigenvalue weighted by Crippen LogP contribution is 2.26. The predicted octanol–water partition coefficient (Wildman–Crippen LogP) is 4.72. The lowest BCUT2D eigenvalue weighted by atomic mass is 10.1. The average Bonchev–Trinajstić information content (AvgIpc) is 2.75. The first-order chi connectivity index (χ1) is 14.7. The zero-order valence-electron chi connectivity index (χ0n) is 18.5. The van der Waals surface area contributed by atoms with E-state index in [2.05, 4.69) is 28.2 Å². The Hall–Kier alpha value is -2.41. The van der Waals surface area contributed by atoms with Gasteiger partial charge in [-0.05, 0) is 59.0 Å². The van der Waals surface area contributed by atoms with Crippen molar-refractivity contribution < 1.29 is 18.7 Å². The van der Waals surface area contributed by atoms with Gasteiger partial charge in [0.15, 0.2) is 6.61 Å².